The normalized spacial score (nSPS) is 38.9. The highest BCUT2D eigenvalue weighted by Gasteiger charge is 2.40. The van der Waals surface area contributed by atoms with Crippen molar-refractivity contribution in [1.82, 2.24) is 10.6 Å². The van der Waals surface area contributed by atoms with Crippen LogP contribution in [-0.2, 0) is 9.59 Å². The lowest BCUT2D eigenvalue weighted by atomic mass is 9.67. The average Bonchev–Trinajstić information content (AvgIpc) is 2.39. The van der Waals surface area contributed by atoms with E-state index in [2.05, 4.69) is 10.6 Å². The van der Waals surface area contributed by atoms with E-state index in [0.717, 1.165) is 19.3 Å². The highest BCUT2D eigenvalue weighted by atomic mass is 35.5. The summed E-state index contributed by atoms with van der Waals surface area (Å²) in [6.45, 7) is 0.624. The molecule has 3 fully saturated rings. The predicted molar refractivity (Wildman–Crippen MR) is 83.0 cm³/mol. The third-order valence-electron chi connectivity index (χ3n) is 5.30. The zero-order valence-electron chi connectivity index (χ0n) is 12.3. The van der Waals surface area contributed by atoms with Gasteiger partial charge in [-0.1, -0.05) is 6.42 Å². The first kappa shape index (κ1) is 16.6. The third-order valence-corrected chi connectivity index (χ3v) is 5.30. The van der Waals surface area contributed by atoms with Gasteiger partial charge in [-0.15, -0.1) is 12.4 Å². The predicted octanol–water partition coefficient (Wildman–Crippen LogP) is 0.957. The molecule has 3 atom stereocenters. The van der Waals surface area contributed by atoms with Crippen molar-refractivity contribution in [3.63, 3.8) is 0 Å². The molecule has 6 heteroatoms. The lowest BCUT2D eigenvalue weighted by Gasteiger charge is -2.45. The van der Waals surface area contributed by atoms with E-state index in [1.54, 1.807) is 0 Å². The lowest BCUT2D eigenvalue weighted by Crippen LogP contribution is -2.55. The standard InChI is InChI=1S/C15H25N3O2.ClH/c16-12-6-9-2-1-3-10(7-12)14(9)18-15(20)11-4-5-17-13(19)8-11;/h9-12,14H,1-8,16H2,(H,17,19)(H,18,20);1H. The molecule has 2 amide bonds. The molecule has 1 aliphatic heterocycles. The van der Waals surface area contributed by atoms with Crippen molar-refractivity contribution in [3.8, 4) is 0 Å². The molecule has 3 unspecified atom stereocenters. The molecule has 0 radical (unpaired) electrons. The Hall–Kier alpha value is -0.810. The first-order chi connectivity index (χ1) is 9.63. The molecular formula is C15H26ClN3O2. The molecule has 21 heavy (non-hydrogen) atoms. The molecule has 2 aliphatic carbocycles. The second-order valence-corrected chi connectivity index (χ2v) is 6.76. The minimum absolute atomic E-state index is 0. The Balaban J connectivity index is 0.00000161. The van der Waals surface area contributed by atoms with Gasteiger partial charge in [0.1, 0.15) is 0 Å². The van der Waals surface area contributed by atoms with Crippen molar-refractivity contribution in [2.45, 2.75) is 57.0 Å². The molecule has 0 spiro atoms. The Kier molecular flexibility index (Phi) is 5.49. The summed E-state index contributed by atoms with van der Waals surface area (Å²) >= 11 is 0. The van der Waals surface area contributed by atoms with Gasteiger partial charge in [0.05, 0.1) is 0 Å². The van der Waals surface area contributed by atoms with E-state index in [-0.39, 0.29) is 30.1 Å². The van der Waals surface area contributed by atoms with E-state index in [1.165, 1.54) is 19.3 Å². The summed E-state index contributed by atoms with van der Waals surface area (Å²) in [7, 11) is 0. The fourth-order valence-corrected chi connectivity index (χ4v) is 4.31. The smallest absolute Gasteiger partial charge is 0.223 e. The first-order valence-corrected chi connectivity index (χ1v) is 7.96. The van der Waals surface area contributed by atoms with Crippen LogP contribution in [0.5, 0.6) is 0 Å². The summed E-state index contributed by atoms with van der Waals surface area (Å²) in [6.07, 6.45) is 6.80. The van der Waals surface area contributed by atoms with Crippen LogP contribution in [-0.4, -0.2) is 30.4 Å². The van der Waals surface area contributed by atoms with Crippen molar-refractivity contribution in [3.05, 3.63) is 0 Å². The van der Waals surface area contributed by atoms with E-state index < -0.39 is 0 Å². The summed E-state index contributed by atoms with van der Waals surface area (Å²) in [4.78, 5) is 23.8. The van der Waals surface area contributed by atoms with Crippen LogP contribution in [0.4, 0.5) is 0 Å². The number of hydrogen-bond donors (Lipinski definition) is 3. The van der Waals surface area contributed by atoms with Gasteiger partial charge in [0.25, 0.3) is 0 Å². The molecule has 2 bridgehead atoms. The minimum atomic E-state index is -0.139. The fourth-order valence-electron chi connectivity index (χ4n) is 4.31. The van der Waals surface area contributed by atoms with Crippen LogP contribution in [0.25, 0.3) is 0 Å². The van der Waals surface area contributed by atoms with Gasteiger partial charge in [0, 0.05) is 31.0 Å². The van der Waals surface area contributed by atoms with Crippen molar-refractivity contribution in [2.24, 2.45) is 23.5 Å². The number of carbonyl (C=O) groups is 2. The van der Waals surface area contributed by atoms with E-state index >= 15 is 0 Å². The second kappa shape index (κ2) is 6.97. The SMILES string of the molecule is Cl.NC1CC2CCCC(C1)C2NC(=O)C1CCNC(=O)C1. The molecule has 0 aromatic rings. The molecule has 1 saturated heterocycles. The Bertz CT molecular complexity index is 390. The van der Waals surface area contributed by atoms with Crippen molar-refractivity contribution in [2.75, 3.05) is 6.54 Å². The second-order valence-electron chi connectivity index (χ2n) is 6.76. The van der Waals surface area contributed by atoms with Gasteiger partial charge >= 0.3 is 0 Å². The van der Waals surface area contributed by atoms with Gasteiger partial charge in [0.2, 0.25) is 11.8 Å². The minimum Gasteiger partial charge on any atom is -0.356 e. The number of amides is 2. The van der Waals surface area contributed by atoms with E-state index in [0.29, 0.717) is 36.9 Å². The van der Waals surface area contributed by atoms with Crippen LogP contribution in [0.2, 0.25) is 0 Å². The van der Waals surface area contributed by atoms with Gasteiger partial charge in [-0.2, -0.15) is 0 Å². The van der Waals surface area contributed by atoms with E-state index in [9.17, 15) is 9.59 Å². The number of hydrogen-bond acceptors (Lipinski definition) is 3. The Morgan fingerprint density at radius 1 is 1.19 bits per heavy atom. The molecule has 5 nitrogen and oxygen atoms in total. The van der Waals surface area contributed by atoms with E-state index in [1.807, 2.05) is 0 Å². The van der Waals surface area contributed by atoms with Crippen LogP contribution >= 0.6 is 12.4 Å². The summed E-state index contributed by atoms with van der Waals surface area (Å²) in [5, 5.41) is 6.04. The molecule has 0 aromatic carbocycles. The Morgan fingerprint density at radius 3 is 2.48 bits per heavy atom. The van der Waals surface area contributed by atoms with Crippen LogP contribution < -0.4 is 16.4 Å². The highest BCUT2D eigenvalue weighted by Crippen LogP contribution is 2.39. The average molecular weight is 316 g/mol. The summed E-state index contributed by atoms with van der Waals surface area (Å²) in [6, 6.07) is 0.597. The van der Waals surface area contributed by atoms with Crippen molar-refractivity contribution < 1.29 is 9.59 Å². The number of carbonyl (C=O) groups excluding carboxylic acids is 2. The fraction of sp³-hybridized carbons (Fsp3) is 0.867. The number of piperidine rings is 1. The quantitative estimate of drug-likeness (QED) is 0.709. The van der Waals surface area contributed by atoms with Crippen LogP contribution in [0.15, 0.2) is 0 Å². The summed E-state index contributed by atoms with van der Waals surface area (Å²) in [5.74, 6) is 1.03. The van der Waals surface area contributed by atoms with Crippen LogP contribution in [0.1, 0.15) is 44.9 Å². The first-order valence-electron chi connectivity index (χ1n) is 7.96. The van der Waals surface area contributed by atoms with Crippen molar-refractivity contribution >= 4 is 24.2 Å². The van der Waals surface area contributed by atoms with Gasteiger partial charge in [-0.3, -0.25) is 9.59 Å². The third kappa shape index (κ3) is 3.69. The zero-order chi connectivity index (χ0) is 14.1. The molecule has 3 aliphatic rings. The highest BCUT2D eigenvalue weighted by molar-refractivity contribution is 5.87. The molecule has 120 valence electrons. The lowest BCUT2D eigenvalue weighted by molar-refractivity contribution is -0.133. The number of nitrogens with two attached hydrogens (primary N) is 1. The topological polar surface area (TPSA) is 84.2 Å². The van der Waals surface area contributed by atoms with Gasteiger partial charge in [-0.25, -0.2) is 0 Å². The monoisotopic (exact) mass is 315 g/mol. The number of nitrogens with one attached hydrogen (secondary N) is 2. The molecular weight excluding hydrogens is 290 g/mol. The van der Waals surface area contributed by atoms with E-state index in [4.69, 9.17) is 5.73 Å². The molecule has 3 rings (SSSR count). The van der Waals surface area contributed by atoms with Gasteiger partial charge in [0.15, 0.2) is 0 Å². The molecule has 1 heterocycles. The van der Waals surface area contributed by atoms with Crippen LogP contribution in [0.3, 0.4) is 0 Å². The maximum Gasteiger partial charge on any atom is 0.223 e. The number of fused-ring (bicyclic) bond motifs is 2. The van der Waals surface area contributed by atoms with Crippen molar-refractivity contribution in [1.29, 1.82) is 0 Å². The summed E-state index contributed by atoms with van der Waals surface area (Å²) in [5.41, 5.74) is 6.11. The number of halogens is 1. The zero-order valence-corrected chi connectivity index (χ0v) is 13.2. The molecule has 2 saturated carbocycles. The van der Waals surface area contributed by atoms with Gasteiger partial charge < -0.3 is 16.4 Å². The molecule has 0 aromatic heterocycles. The Labute approximate surface area is 132 Å². The maximum atomic E-state index is 12.4. The largest absolute Gasteiger partial charge is 0.356 e. The van der Waals surface area contributed by atoms with Crippen LogP contribution in [0, 0.1) is 17.8 Å². The van der Waals surface area contributed by atoms with Gasteiger partial charge in [-0.05, 0) is 43.9 Å². The Morgan fingerprint density at radius 2 is 1.86 bits per heavy atom. The number of rotatable bonds is 2. The maximum absolute atomic E-state index is 12.4. The summed E-state index contributed by atoms with van der Waals surface area (Å²) < 4.78 is 0. The molecule has 4 N–H and O–H groups in total.